The largest absolute Gasteiger partial charge is 0.351 e. The first-order valence-corrected chi connectivity index (χ1v) is 3.94. The van der Waals surface area contributed by atoms with Crippen LogP contribution in [0, 0.1) is 3.57 Å². The highest BCUT2D eigenvalue weighted by atomic mass is 127. The van der Waals surface area contributed by atoms with E-state index in [2.05, 4.69) is 32.9 Å². The van der Waals surface area contributed by atoms with E-state index in [1.165, 1.54) is 0 Å². The summed E-state index contributed by atoms with van der Waals surface area (Å²) in [5.74, 6) is 0.476. The van der Waals surface area contributed by atoms with Crippen LogP contribution in [0.25, 0.3) is 0 Å². The van der Waals surface area contributed by atoms with E-state index >= 15 is 0 Å². The molecular formula is C6H6IN3O. The maximum Gasteiger partial charge on any atom is 0.317 e. The van der Waals surface area contributed by atoms with Crippen molar-refractivity contribution in [1.82, 2.24) is 4.98 Å². The Kier molecular flexibility index (Phi) is 2.64. The standard InChI is InChI=1S/C6H6IN3O/c7-4-1-2-9-5(3-4)10-6(8)11/h1-3H,(H3,8,9,10,11). The monoisotopic (exact) mass is 263 g/mol. The summed E-state index contributed by atoms with van der Waals surface area (Å²) in [7, 11) is 0. The van der Waals surface area contributed by atoms with Crippen LogP contribution in [0.15, 0.2) is 18.3 Å². The fourth-order valence-electron chi connectivity index (χ4n) is 0.599. The fourth-order valence-corrected chi connectivity index (χ4v) is 1.06. The second-order valence-corrected chi connectivity index (χ2v) is 3.09. The number of hydrogen-bond acceptors (Lipinski definition) is 2. The van der Waals surface area contributed by atoms with Crippen molar-refractivity contribution in [3.05, 3.63) is 21.9 Å². The van der Waals surface area contributed by atoms with Crippen LogP contribution in [-0.2, 0) is 0 Å². The van der Waals surface area contributed by atoms with E-state index in [9.17, 15) is 4.79 Å². The molecule has 0 bridgehead atoms. The number of halogens is 1. The number of aromatic nitrogens is 1. The van der Waals surface area contributed by atoms with Gasteiger partial charge in [-0.25, -0.2) is 9.78 Å². The van der Waals surface area contributed by atoms with Gasteiger partial charge >= 0.3 is 6.03 Å². The molecule has 5 heteroatoms. The number of carbonyl (C=O) groups excluding carboxylic acids is 1. The second kappa shape index (κ2) is 3.51. The molecule has 1 rings (SSSR count). The molecule has 0 fully saturated rings. The van der Waals surface area contributed by atoms with E-state index in [0.29, 0.717) is 5.82 Å². The number of nitrogens with two attached hydrogens (primary N) is 1. The van der Waals surface area contributed by atoms with E-state index in [0.717, 1.165) is 3.57 Å². The summed E-state index contributed by atoms with van der Waals surface area (Å²) in [5.41, 5.74) is 4.88. The summed E-state index contributed by atoms with van der Waals surface area (Å²) in [6.45, 7) is 0. The van der Waals surface area contributed by atoms with Gasteiger partial charge in [-0.15, -0.1) is 0 Å². The van der Waals surface area contributed by atoms with Crippen LogP contribution in [0.3, 0.4) is 0 Å². The van der Waals surface area contributed by atoms with Crippen molar-refractivity contribution in [3.8, 4) is 0 Å². The van der Waals surface area contributed by atoms with Crippen molar-refractivity contribution in [2.45, 2.75) is 0 Å². The number of nitrogens with zero attached hydrogens (tertiary/aromatic N) is 1. The van der Waals surface area contributed by atoms with Gasteiger partial charge in [0.05, 0.1) is 0 Å². The Hall–Kier alpha value is -0.850. The lowest BCUT2D eigenvalue weighted by atomic mass is 10.5. The minimum atomic E-state index is -0.598. The maximum absolute atomic E-state index is 10.3. The number of urea groups is 1. The normalized spacial score (nSPS) is 9.18. The zero-order valence-electron chi connectivity index (χ0n) is 5.54. The average molecular weight is 263 g/mol. The smallest absolute Gasteiger partial charge is 0.317 e. The van der Waals surface area contributed by atoms with Gasteiger partial charge in [0.25, 0.3) is 0 Å². The molecule has 1 heterocycles. The van der Waals surface area contributed by atoms with Crippen molar-refractivity contribution in [1.29, 1.82) is 0 Å². The summed E-state index contributed by atoms with van der Waals surface area (Å²) in [6.07, 6.45) is 1.60. The molecule has 0 aliphatic carbocycles. The first kappa shape index (κ1) is 8.25. The summed E-state index contributed by atoms with van der Waals surface area (Å²) in [4.78, 5) is 14.2. The molecule has 0 spiro atoms. The highest BCUT2D eigenvalue weighted by Crippen LogP contribution is 2.07. The molecule has 0 atom stereocenters. The maximum atomic E-state index is 10.3. The van der Waals surface area contributed by atoms with Crippen molar-refractivity contribution in [2.24, 2.45) is 5.73 Å². The molecular weight excluding hydrogens is 257 g/mol. The lowest BCUT2D eigenvalue weighted by molar-refractivity contribution is 0.259. The number of anilines is 1. The van der Waals surface area contributed by atoms with E-state index in [-0.39, 0.29) is 0 Å². The number of hydrogen-bond donors (Lipinski definition) is 2. The Morgan fingerprint density at radius 2 is 2.45 bits per heavy atom. The predicted octanol–water partition coefficient (Wildman–Crippen LogP) is 1.18. The third kappa shape index (κ3) is 2.71. The van der Waals surface area contributed by atoms with Gasteiger partial charge in [-0.3, -0.25) is 5.32 Å². The molecule has 0 aliphatic rings. The predicted molar refractivity (Wildman–Crippen MR) is 50.2 cm³/mol. The van der Waals surface area contributed by atoms with Crippen molar-refractivity contribution < 1.29 is 4.79 Å². The molecule has 0 radical (unpaired) electrons. The van der Waals surface area contributed by atoms with Gasteiger partial charge in [-0.05, 0) is 34.7 Å². The van der Waals surface area contributed by atoms with Gasteiger partial charge in [0.15, 0.2) is 0 Å². The van der Waals surface area contributed by atoms with Crippen LogP contribution in [0.2, 0.25) is 0 Å². The van der Waals surface area contributed by atoms with Gasteiger partial charge < -0.3 is 5.73 Å². The Morgan fingerprint density at radius 3 is 3.00 bits per heavy atom. The first-order chi connectivity index (χ1) is 5.18. The topological polar surface area (TPSA) is 68.0 Å². The van der Waals surface area contributed by atoms with Gasteiger partial charge in [0.1, 0.15) is 5.82 Å². The molecule has 11 heavy (non-hydrogen) atoms. The van der Waals surface area contributed by atoms with E-state index in [1.807, 2.05) is 6.07 Å². The highest BCUT2D eigenvalue weighted by Gasteiger charge is 1.95. The zero-order chi connectivity index (χ0) is 8.27. The fraction of sp³-hybridized carbons (Fsp3) is 0. The van der Waals surface area contributed by atoms with Gasteiger partial charge in [0.2, 0.25) is 0 Å². The number of carbonyl (C=O) groups is 1. The minimum absolute atomic E-state index is 0.476. The molecule has 0 saturated carbocycles. The summed E-state index contributed by atoms with van der Waals surface area (Å²) in [5, 5.41) is 2.37. The first-order valence-electron chi connectivity index (χ1n) is 2.86. The molecule has 0 aliphatic heterocycles. The Labute approximate surface area is 77.3 Å². The lowest BCUT2D eigenvalue weighted by Crippen LogP contribution is -2.19. The molecule has 4 nitrogen and oxygen atoms in total. The molecule has 58 valence electrons. The second-order valence-electron chi connectivity index (χ2n) is 1.85. The van der Waals surface area contributed by atoms with Crippen LogP contribution < -0.4 is 11.1 Å². The molecule has 2 amide bonds. The van der Waals surface area contributed by atoms with Crippen LogP contribution in [0.5, 0.6) is 0 Å². The third-order valence-electron chi connectivity index (χ3n) is 0.973. The summed E-state index contributed by atoms with van der Waals surface area (Å²) >= 11 is 2.12. The van der Waals surface area contributed by atoms with Crippen LogP contribution >= 0.6 is 22.6 Å². The minimum Gasteiger partial charge on any atom is -0.351 e. The van der Waals surface area contributed by atoms with E-state index < -0.39 is 6.03 Å². The Bertz CT molecular complexity index is 276. The summed E-state index contributed by atoms with van der Waals surface area (Å²) in [6, 6.07) is 2.96. The summed E-state index contributed by atoms with van der Waals surface area (Å²) < 4.78 is 1.00. The molecule has 0 unspecified atom stereocenters. The molecule has 1 aromatic rings. The number of rotatable bonds is 1. The van der Waals surface area contributed by atoms with Crippen molar-refractivity contribution in [2.75, 3.05) is 5.32 Å². The van der Waals surface area contributed by atoms with E-state index in [4.69, 9.17) is 5.73 Å². The molecule has 0 saturated heterocycles. The quantitative estimate of drug-likeness (QED) is 0.747. The number of primary amides is 1. The highest BCUT2D eigenvalue weighted by molar-refractivity contribution is 14.1. The Balaban J connectivity index is 2.79. The Morgan fingerprint density at radius 1 is 1.73 bits per heavy atom. The molecule has 0 aromatic carbocycles. The van der Waals surface area contributed by atoms with Crippen molar-refractivity contribution in [3.63, 3.8) is 0 Å². The zero-order valence-corrected chi connectivity index (χ0v) is 7.70. The van der Waals surface area contributed by atoms with Gasteiger partial charge in [-0.1, -0.05) is 0 Å². The SMILES string of the molecule is NC(=O)Nc1cc(I)ccn1. The van der Waals surface area contributed by atoms with Crippen molar-refractivity contribution >= 4 is 34.4 Å². The average Bonchev–Trinajstić information content (AvgIpc) is 1.85. The van der Waals surface area contributed by atoms with Crippen LogP contribution in [0.4, 0.5) is 10.6 Å². The third-order valence-corrected chi connectivity index (χ3v) is 1.64. The van der Waals surface area contributed by atoms with Crippen LogP contribution in [-0.4, -0.2) is 11.0 Å². The number of amides is 2. The number of nitrogens with one attached hydrogen (secondary N) is 1. The lowest BCUT2D eigenvalue weighted by Gasteiger charge is -1.98. The molecule has 1 aromatic heterocycles. The van der Waals surface area contributed by atoms with E-state index in [1.54, 1.807) is 12.3 Å². The van der Waals surface area contributed by atoms with Crippen LogP contribution in [0.1, 0.15) is 0 Å². The van der Waals surface area contributed by atoms with Gasteiger partial charge in [0, 0.05) is 9.77 Å². The molecule has 3 N–H and O–H groups in total. The number of pyridine rings is 1. The van der Waals surface area contributed by atoms with Gasteiger partial charge in [-0.2, -0.15) is 0 Å².